The first-order valence-electron chi connectivity index (χ1n) is 5.63. The molecule has 0 aromatic heterocycles. The lowest BCUT2D eigenvalue weighted by Gasteiger charge is -2.41. The molecule has 1 heterocycles. The van der Waals surface area contributed by atoms with Crippen molar-refractivity contribution in [1.29, 1.82) is 5.26 Å². The van der Waals surface area contributed by atoms with Gasteiger partial charge in [0.15, 0.2) is 0 Å². The normalized spacial score (nSPS) is 17.6. The first-order valence-corrected chi connectivity index (χ1v) is 5.63. The van der Waals surface area contributed by atoms with Gasteiger partial charge in [-0.3, -0.25) is 0 Å². The molecule has 0 spiro atoms. The second kappa shape index (κ2) is 3.92. The van der Waals surface area contributed by atoms with Gasteiger partial charge in [-0.1, -0.05) is 12.1 Å². The van der Waals surface area contributed by atoms with Gasteiger partial charge in [-0.25, -0.2) is 0 Å². The topological polar surface area (TPSA) is 33.0 Å². The minimum Gasteiger partial charge on any atom is -0.379 e. The molecule has 2 nitrogen and oxygen atoms in total. The fourth-order valence-corrected chi connectivity index (χ4v) is 2.38. The number of nitriles is 1. The van der Waals surface area contributed by atoms with Crippen LogP contribution >= 0.6 is 0 Å². The minimum absolute atomic E-state index is 0.0444. The van der Waals surface area contributed by atoms with Gasteiger partial charge in [-0.15, -0.1) is 0 Å². The largest absolute Gasteiger partial charge is 0.379 e. The maximum atomic E-state index is 8.94. The molecule has 1 aliphatic heterocycles. The van der Waals surface area contributed by atoms with Crippen LogP contribution in [0, 0.1) is 32.1 Å². The highest BCUT2D eigenvalue weighted by molar-refractivity contribution is 5.44. The predicted molar refractivity (Wildman–Crippen MR) is 63.4 cm³/mol. The second-order valence-electron chi connectivity index (χ2n) is 4.79. The number of hydrogen-bond donors (Lipinski definition) is 0. The van der Waals surface area contributed by atoms with E-state index in [0.29, 0.717) is 19.6 Å². The third-order valence-corrected chi connectivity index (χ3v) is 3.80. The van der Waals surface area contributed by atoms with Crippen molar-refractivity contribution in [1.82, 2.24) is 0 Å². The fourth-order valence-electron chi connectivity index (χ4n) is 2.38. The molecule has 1 aromatic rings. The fraction of sp³-hybridized carbons (Fsp3) is 0.500. The molecule has 1 aromatic carbocycles. The summed E-state index contributed by atoms with van der Waals surface area (Å²) in [5.74, 6) is 0. The summed E-state index contributed by atoms with van der Waals surface area (Å²) in [6, 6.07) is 6.60. The van der Waals surface area contributed by atoms with Gasteiger partial charge in [0, 0.05) is 6.42 Å². The molecule has 1 saturated heterocycles. The van der Waals surface area contributed by atoms with Crippen molar-refractivity contribution in [2.24, 2.45) is 0 Å². The Morgan fingerprint density at radius 2 is 1.94 bits per heavy atom. The summed E-state index contributed by atoms with van der Waals surface area (Å²) in [4.78, 5) is 0. The van der Waals surface area contributed by atoms with Crippen molar-refractivity contribution in [3.63, 3.8) is 0 Å². The summed E-state index contributed by atoms with van der Waals surface area (Å²) in [7, 11) is 0. The van der Waals surface area contributed by atoms with Gasteiger partial charge >= 0.3 is 0 Å². The van der Waals surface area contributed by atoms with E-state index in [1.54, 1.807) is 0 Å². The Morgan fingerprint density at radius 3 is 2.44 bits per heavy atom. The van der Waals surface area contributed by atoms with Crippen LogP contribution in [0.25, 0.3) is 0 Å². The molecule has 84 valence electrons. The molecule has 0 atom stereocenters. The molecule has 0 N–H and O–H groups in total. The number of ether oxygens (including phenoxy) is 1. The SMILES string of the molecule is Cc1ccc(C2(CC#N)COC2)c(C)c1C. The number of aryl methyl sites for hydroxylation is 1. The van der Waals surface area contributed by atoms with Crippen molar-refractivity contribution >= 4 is 0 Å². The molecule has 0 unspecified atom stereocenters. The van der Waals surface area contributed by atoms with Crippen molar-refractivity contribution in [3.05, 3.63) is 34.4 Å². The molecule has 0 radical (unpaired) electrons. The van der Waals surface area contributed by atoms with E-state index in [9.17, 15) is 0 Å². The quantitative estimate of drug-likeness (QED) is 0.760. The van der Waals surface area contributed by atoms with E-state index < -0.39 is 0 Å². The molecule has 0 aliphatic carbocycles. The standard InChI is InChI=1S/C14H17NO/c1-10-4-5-13(12(3)11(10)2)14(6-7-15)8-16-9-14/h4-5H,6,8-9H2,1-3H3. The highest BCUT2D eigenvalue weighted by atomic mass is 16.5. The monoisotopic (exact) mass is 215 g/mol. The zero-order valence-electron chi connectivity index (χ0n) is 10.1. The third-order valence-electron chi connectivity index (χ3n) is 3.80. The van der Waals surface area contributed by atoms with Crippen LogP contribution in [0.5, 0.6) is 0 Å². The molecule has 0 amide bonds. The molecule has 0 saturated carbocycles. The summed E-state index contributed by atoms with van der Waals surface area (Å²) in [6.45, 7) is 7.79. The molecular formula is C14H17NO. The maximum Gasteiger partial charge on any atom is 0.0632 e. The van der Waals surface area contributed by atoms with E-state index in [2.05, 4.69) is 39.0 Å². The lowest BCUT2D eigenvalue weighted by atomic mass is 9.73. The Kier molecular flexibility index (Phi) is 2.73. The lowest BCUT2D eigenvalue weighted by molar-refractivity contribution is -0.0580. The van der Waals surface area contributed by atoms with Crippen LogP contribution in [0.3, 0.4) is 0 Å². The molecular weight excluding hydrogens is 198 g/mol. The van der Waals surface area contributed by atoms with Gasteiger partial charge in [-0.2, -0.15) is 5.26 Å². The van der Waals surface area contributed by atoms with Crippen LogP contribution in [0.2, 0.25) is 0 Å². The zero-order valence-corrected chi connectivity index (χ0v) is 10.1. The van der Waals surface area contributed by atoms with Crippen LogP contribution < -0.4 is 0 Å². The van der Waals surface area contributed by atoms with Crippen molar-refractivity contribution in [2.75, 3.05) is 13.2 Å². The van der Waals surface area contributed by atoms with Gasteiger partial charge in [0.1, 0.15) is 0 Å². The summed E-state index contributed by atoms with van der Waals surface area (Å²) < 4.78 is 5.32. The summed E-state index contributed by atoms with van der Waals surface area (Å²) in [5.41, 5.74) is 5.22. The Labute approximate surface area is 96.9 Å². The van der Waals surface area contributed by atoms with E-state index in [-0.39, 0.29) is 5.41 Å². The summed E-state index contributed by atoms with van der Waals surface area (Å²) in [5, 5.41) is 8.94. The number of nitrogens with zero attached hydrogens (tertiary/aromatic N) is 1. The Balaban J connectivity index is 2.48. The maximum absolute atomic E-state index is 8.94. The van der Waals surface area contributed by atoms with Crippen molar-refractivity contribution in [3.8, 4) is 6.07 Å². The van der Waals surface area contributed by atoms with E-state index in [1.807, 2.05) is 0 Å². The third kappa shape index (κ3) is 1.52. The van der Waals surface area contributed by atoms with Crippen LogP contribution in [0.15, 0.2) is 12.1 Å². The zero-order chi connectivity index (χ0) is 11.8. The van der Waals surface area contributed by atoms with Gasteiger partial charge < -0.3 is 4.74 Å². The molecule has 0 bridgehead atoms. The molecule has 16 heavy (non-hydrogen) atoms. The van der Waals surface area contributed by atoms with Crippen LogP contribution in [-0.2, 0) is 10.2 Å². The van der Waals surface area contributed by atoms with E-state index in [0.717, 1.165) is 0 Å². The van der Waals surface area contributed by atoms with Crippen LogP contribution in [0.4, 0.5) is 0 Å². The minimum atomic E-state index is -0.0444. The predicted octanol–water partition coefficient (Wildman–Crippen LogP) is 2.79. The molecule has 1 aliphatic rings. The van der Waals surface area contributed by atoms with E-state index in [4.69, 9.17) is 10.00 Å². The van der Waals surface area contributed by atoms with Gasteiger partial charge in [0.25, 0.3) is 0 Å². The van der Waals surface area contributed by atoms with Gasteiger partial charge in [0.2, 0.25) is 0 Å². The molecule has 2 heteroatoms. The highest BCUT2D eigenvalue weighted by Crippen LogP contribution is 2.38. The first kappa shape index (κ1) is 11.2. The number of hydrogen-bond acceptors (Lipinski definition) is 2. The van der Waals surface area contributed by atoms with Crippen molar-refractivity contribution in [2.45, 2.75) is 32.6 Å². The highest BCUT2D eigenvalue weighted by Gasteiger charge is 2.41. The Morgan fingerprint density at radius 1 is 1.25 bits per heavy atom. The molecule has 2 rings (SSSR count). The van der Waals surface area contributed by atoms with E-state index in [1.165, 1.54) is 22.3 Å². The van der Waals surface area contributed by atoms with Gasteiger partial charge in [0.05, 0.1) is 24.7 Å². The second-order valence-corrected chi connectivity index (χ2v) is 4.79. The Bertz CT molecular complexity index is 453. The summed E-state index contributed by atoms with van der Waals surface area (Å²) in [6.07, 6.45) is 0.552. The average molecular weight is 215 g/mol. The molecule has 1 fully saturated rings. The summed E-state index contributed by atoms with van der Waals surface area (Å²) >= 11 is 0. The smallest absolute Gasteiger partial charge is 0.0632 e. The van der Waals surface area contributed by atoms with Gasteiger partial charge in [-0.05, 0) is 43.0 Å². The first-order chi connectivity index (χ1) is 7.60. The van der Waals surface area contributed by atoms with Crippen molar-refractivity contribution < 1.29 is 4.74 Å². The van der Waals surface area contributed by atoms with E-state index >= 15 is 0 Å². The number of rotatable bonds is 2. The number of benzene rings is 1. The average Bonchev–Trinajstić information content (AvgIpc) is 2.21. The van der Waals surface area contributed by atoms with Crippen LogP contribution in [0.1, 0.15) is 28.7 Å². The van der Waals surface area contributed by atoms with Crippen LogP contribution in [-0.4, -0.2) is 13.2 Å². The lowest BCUT2D eigenvalue weighted by Crippen LogP contribution is -2.47. The Hall–Kier alpha value is -1.33.